The molecule has 1 aliphatic rings. The Hall–Kier alpha value is -1.91. The van der Waals surface area contributed by atoms with Gasteiger partial charge in [0.2, 0.25) is 0 Å². The number of hydrogen-bond donors (Lipinski definition) is 2. The summed E-state index contributed by atoms with van der Waals surface area (Å²) in [6.45, 7) is 0.631. The van der Waals surface area contributed by atoms with E-state index in [9.17, 15) is 4.79 Å². The summed E-state index contributed by atoms with van der Waals surface area (Å²) in [6, 6.07) is 10.4. The first-order chi connectivity index (χ1) is 10.0. The molecule has 0 aromatic heterocycles. The molecule has 21 heavy (non-hydrogen) atoms. The lowest BCUT2D eigenvalue weighted by Crippen LogP contribution is -2.33. The van der Waals surface area contributed by atoms with Crippen molar-refractivity contribution in [2.45, 2.75) is 6.42 Å². The highest BCUT2D eigenvalue weighted by Gasteiger charge is 2.24. The van der Waals surface area contributed by atoms with E-state index in [1.54, 1.807) is 29.2 Å². The fourth-order valence-corrected chi connectivity index (χ4v) is 2.70. The molecule has 108 valence electrons. The molecule has 0 unspecified atom stereocenters. The van der Waals surface area contributed by atoms with Gasteiger partial charge in [0.1, 0.15) is 0 Å². The summed E-state index contributed by atoms with van der Waals surface area (Å²) in [6.07, 6.45) is 0.801. The highest BCUT2D eigenvalue weighted by atomic mass is 35.5. The molecule has 3 N–H and O–H groups in total. The second-order valence-corrected chi connectivity index (χ2v) is 5.66. The molecule has 2 aromatic rings. The van der Waals surface area contributed by atoms with Crippen LogP contribution in [0.1, 0.15) is 5.56 Å². The van der Waals surface area contributed by atoms with Crippen LogP contribution in [0, 0.1) is 0 Å². The number of halogens is 2. The van der Waals surface area contributed by atoms with Gasteiger partial charge < -0.3 is 11.1 Å². The first-order valence-electron chi connectivity index (χ1n) is 6.46. The largest absolute Gasteiger partial charge is 0.399 e. The van der Waals surface area contributed by atoms with Crippen LogP contribution in [-0.4, -0.2) is 12.6 Å². The fraction of sp³-hybridized carbons (Fsp3) is 0.133. The van der Waals surface area contributed by atoms with Crippen LogP contribution in [0.15, 0.2) is 36.4 Å². The maximum atomic E-state index is 12.4. The molecule has 0 atom stereocenters. The molecule has 0 spiro atoms. The monoisotopic (exact) mass is 321 g/mol. The topological polar surface area (TPSA) is 58.4 Å². The van der Waals surface area contributed by atoms with Crippen LogP contribution >= 0.6 is 23.2 Å². The molecule has 0 saturated heterocycles. The molecule has 1 aliphatic heterocycles. The Bertz CT molecular complexity index is 718. The third-order valence-electron chi connectivity index (χ3n) is 3.42. The summed E-state index contributed by atoms with van der Waals surface area (Å²) in [7, 11) is 0. The van der Waals surface area contributed by atoms with Crippen molar-refractivity contribution in [2.75, 3.05) is 22.5 Å². The number of rotatable bonds is 1. The molecule has 0 radical (unpaired) electrons. The Balaban J connectivity index is 1.80. The first kappa shape index (κ1) is 14.0. The summed E-state index contributed by atoms with van der Waals surface area (Å²) in [5, 5.41) is 3.68. The molecule has 0 aliphatic carbocycles. The van der Waals surface area contributed by atoms with Gasteiger partial charge in [0.15, 0.2) is 0 Å². The van der Waals surface area contributed by atoms with Gasteiger partial charge in [-0.1, -0.05) is 23.2 Å². The van der Waals surface area contributed by atoms with E-state index in [1.807, 2.05) is 12.1 Å². The van der Waals surface area contributed by atoms with Gasteiger partial charge >= 0.3 is 6.03 Å². The first-order valence-corrected chi connectivity index (χ1v) is 7.22. The highest BCUT2D eigenvalue weighted by molar-refractivity contribution is 6.42. The molecule has 6 heteroatoms. The maximum absolute atomic E-state index is 12.4. The molecule has 0 bridgehead atoms. The van der Waals surface area contributed by atoms with Crippen LogP contribution in [0.3, 0.4) is 0 Å². The van der Waals surface area contributed by atoms with E-state index in [0.717, 1.165) is 17.7 Å². The summed E-state index contributed by atoms with van der Waals surface area (Å²) in [5.74, 6) is 0. The van der Waals surface area contributed by atoms with E-state index < -0.39 is 0 Å². The summed E-state index contributed by atoms with van der Waals surface area (Å²) < 4.78 is 0. The minimum atomic E-state index is -0.197. The lowest BCUT2D eigenvalue weighted by atomic mass is 10.1. The zero-order valence-electron chi connectivity index (χ0n) is 11.1. The molecule has 1 heterocycles. The number of carbonyl (C=O) groups excluding carboxylic acids is 1. The third-order valence-corrected chi connectivity index (χ3v) is 4.15. The van der Waals surface area contributed by atoms with Crippen molar-refractivity contribution in [3.05, 3.63) is 52.0 Å². The van der Waals surface area contributed by atoms with Gasteiger partial charge in [-0.3, -0.25) is 4.90 Å². The van der Waals surface area contributed by atoms with Crippen molar-refractivity contribution < 1.29 is 4.79 Å². The smallest absolute Gasteiger partial charge is 0.326 e. The lowest BCUT2D eigenvalue weighted by Gasteiger charge is -2.18. The number of nitrogen functional groups attached to an aromatic ring is 1. The molecule has 0 saturated carbocycles. The maximum Gasteiger partial charge on any atom is 0.326 e. The van der Waals surface area contributed by atoms with E-state index in [-0.39, 0.29) is 6.03 Å². The minimum Gasteiger partial charge on any atom is -0.399 e. The number of fused-ring (bicyclic) bond motifs is 1. The van der Waals surface area contributed by atoms with Crippen molar-refractivity contribution >= 4 is 46.3 Å². The number of benzene rings is 2. The number of anilines is 3. The highest BCUT2D eigenvalue weighted by Crippen LogP contribution is 2.31. The molecule has 4 nitrogen and oxygen atoms in total. The normalized spacial score (nSPS) is 13.1. The second-order valence-electron chi connectivity index (χ2n) is 4.85. The Morgan fingerprint density at radius 1 is 1.14 bits per heavy atom. The number of hydrogen-bond acceptors (Lipinski definition) is 2. The molecule has 2 amide bonds. The standard InChI is InChI=1S/C15H13Cl2N3O/c16-12-3-2-11(8-13(12)17)19-15(21)20-6-5-9-7-10(18)1-4-14(9)20/h1-4,7-8H,5-6,18H2,(H,19,21). The summed E-state index contributed by atoms with van der Waals surface area (Å²) in [5.41, 5.74) is 9.05. The predicted octanol–water partition coefficient (Wildman–Crippen LogP) is 4.17. The number of amides is 2. The number of nitrogens with two attached hydrogens (primary N) is 1. The number of urea groups is 1. The number of carbonyl (C=O) groups is 1. The van der Waals surface area contributed by atoms with Crippen LogP contribution in [0.25, 0.3) is 0 Å². The van der Waals surface area contributed by atoms with Crippen LogP contribution < -0.4 is 16.0 Å². The van der Waals surface area contributed by atoms with Gasteiger partial charge in [-0.05, 0) is 48.4 Å². The van der Waals surface area contributed by atoms with Gasteiger partial charge in [-0.2, -0.15) is 0 Å². The summed E-state index contributed by atoms with van der Waals surface area (Å²) in [4.78, 5) is 14.1. The predicted molar refractivity (Wildman–Crippen MR) is 87.4 cm³/mol. The van der Waals surface area contributed by atoms with Gasteiger partial charge in [0, 0.05) is 23.6 Å². The average Bonchev–Trinajstić information content (AvgIpc) is 2.85. The van der Waals surface area contributed by atoms with Crippen molar-refractivity contribution in [1.29, 1.82) is 0 Å². The summed E-state index contributed by atoms with van der Waals surface area (Å²) >= 11 is 11.8. The van der Waals surface area contributed by atoms with Crippen LogP contribution in [-0.2, 0) is 6.42 Å². The van der Waals surface area contributed by atoms with E-state index in [4.69, 9.17) is 28.9 Å². The van der Waals surface area contributed by atoms with Gasteiger partial charge in [-0.25, -0.2) is 4.79 Å². The molecular weight excluding hydrogens is 309 g/mol. The Morgan fingerprint density at radius 3 is 2.71 bits per heavy atom. The lowest BCUT2D eigenvalue weighted by molar-refractivity contribution is 0.257. The fourth-order valence-electron chi connectivity index (χ4n) is 2.40. The van der Waals surface area contributed by atoms with Crippen LogP contribution in [0.2, 0.25) is 10.0 Å². The molecule has 2 aromatic carbocycles. The van der Waals surface area contributed by atoms with Gasteiger partial charge in [0.25, 0.3) is 0 Å². The minimum absolute atomic E-state index is 0.197. The zero-order chi connectivity index (χ0) is 15.0. The van der Waals surface area contributed by atoms with Crippen molar-refractivity contribution in [3.8, 4) is 0 Å². The Kier molecular flexibility index (Phi) is 3.66. The number of nitrogens with one attached hydrogen (secondary N) is 1. The SMILES string of the molecule is Nc1ccc2c(c1)CCN2C(=O)Nc1ccc(Cl)c(Cl)c1. The number of nitrogens with zero attached hydrogens (tertiary/aromatic N) is 1. The zero-order valence-corrected chi connectivity index (χ0v) is 12.6. The molecular formula is C15H13Cl2N3O. The van der Waals surface area contributed by atoms with Gasteiger partial charge in [-0.15, -0.1) is 0 Å². The van der Waals surface area contributed by atoms with Crippen molar-refractivity contribution in [1.82, 2.24) is 0 Å². The molecule has 0 fully saturated rings. The van der Waals surface area contributed by atoms with E-state index in [2.05, 4.69) is 5.32 Å². The van der Waals surface area contributed by atoms with E-state index in [0.29, 0.717) is 28.0 Å². The van der Waals surface area contributed by atoms with Crippen molar-refractivity contribution in [2.24, 2.45) is 0 Å². The molecule has 3 rings (SSSR count). The Labute approximate surface area is 132 Å². The van der Waals surface area contributed by atoms with Crippen LogP contribution in [0.4, 0.5) is 21.9 Å². The van der Waals surface area contributed by atoms with E-state index >= 15 is 0 Å². The second kappa shape index (κ2) is 5.47. The average molecular weight is 322 g/mol. The van der Waals surface area contributed by atoms with Gasteiger partial charge in [0.05, 0.1) is 10.0 Å². The quantitative estimate of drug-likeness (QED) is 0.774. The van der Waals surface area contributed by atoms with Crippen molar-refractivity contribution in [3.63, 3.8) is 0 Å². The third kappa shape index (κ3) is 2.77. The van der Waals surface area contributed by atoms with Crippen LogP contribution in [0.5, 0.6) is 0 Å². The Morgan fingerprint density at radius 2 is 1.95 bits per heavy atom. The van der Waals surface area contributed by atoms with E-state index in [1.165, 1.54) is 0 Å².